The Balaban J connectivity index is 1.77. The van der Waals surface area contributed by atoms with Crippen LogP contribution in [0.3, 0.4) is 0 Å². The molecule has 0 radical (unpaired) electrons. The average Bonchev–Trinajstić information content (AvgIpc) is 3.15. The number of nitrogens with one attached hydrogen (secondary N) is 1. The first kappa shape index (κ1) is 23.5. The standard InChI is InChI=1S/C23H26FN5O2S/c1-23(2,3)25-19(30)14-28(4)20(31)15-32-22-27-26-21(16-10-12-17(24)13-11-16)29(22)18-8-6-5-7-9-18/h5-13H,14-15H2,1-4H3,(H,25,30). The van der Waals surface area contributed by atoms with Crippen molar-refractivity contribution in [2.75, 3.05) is 19.3 Å². The molecule has 168 valence electrons. The zero-order valence-electron chi connectivity index (χ0n) is 18.5. The van der Waals surface area contributed by atoms with Gasteiger partial charge in [0, 0.05) is 23.8 Å². The van der Waals surface area contributed by atoms with Gasteiger partial charge >= 0.3 is 0 Å². The van der Waals surface area contributed by atoms with Gasteiger partial charge in [-0.2, -0.15) is 0 Å². The summed E-state index contributed by atoms with van der Waals surface area (Å²) in [6.07, 6.45) is 0. The van der Waals surface area contributed by atoms with Crippen LogP contribution >= 0.6 is 11.8 Å². The van der Waals surface area contributed by atoms with Crippen LogP contribution in [0, 0.1) is 5.82 Å². The Morgan fingerprint density at radius 2 is 1.72 bits per heavy atom. The van der Waals surface area contributed by atoms with E-state index in [-0.39, 0.29) is 35.5 Å². The Hall–Kier alpha value is -3.20. The second-order valence-corrected chi connectivity index (χ2v) is 9.26. The van der Waals surface area contributed by atoms with Gasteiger partial charge in [0.2, 0.25) is 11.8 Å². The van der Waals surface area contributed by atoms with Crippen LogP contribution in [-0.2, 0) is 9.59 Å². The Labute approximate surface area is 191 Å². The van der Waals surface area contributed by atoms with Gasteiger partial charge in [-0.15, -0.1) is 10.2 Å². The lowest BCUT2D eigenvalue weighted by Crippen LogP contribution is -2.46. The molecular formula is C23H26FN5O2S. The van der Waals surface area contributed by atoms with Crippen molar-refractivity contribution >= 4 is 23.6 Å². The Bertz CT molecular complexity index is 1080. The number of hydrogen-bond acceptors (Lipinski definition) is 5. The highest BCUT2D eigenvalue weighted by molar-refractivity contribution is 7.99. The highest BCUT2D eigenvalue weighted by Crippen LogP contribution is 2.28. The van der Waals surface area contributed by atoms with Crippen molar-refractivity contribution in [3.8, 4) is 17.1 Å². The lowest BCUT2D eigenvalue weighted by Gasteiger charge is -2.23. The van der Waals surface area contributed by atoms with Gasteiger partial charge < -0.3 is 10.2 Å². The minimum Gasteiger partial charge on any atom is -0.350 e. The summed E-state index contributed by atoms with van der Waals surface area (Å²) in [5.41, 5.74) is 1.17. The highest BCUT2D eigenvalue weighted by atomic mass is 32.2. The molecule has 2 amide bonds. The molecule has 2 aromatic carbocycles. The van der Waals surface area contributed by atoms with Crippen LogP contribution in [-0.4, -0.2) is 56.4 Å². The van der Waals surface area contributed by atoms with Crippen molar-refractivity contribution in [3.63, 3.8) is 0 Å². The summed E-state index contributed by atoms with van der Waals surface area (Å²) in [5, 5.41) is 11.9. The van der Waals surface area contributed by atoms with Crippen molar-refractivity contribution in [3.05, 3.63) is 60.4 Å². The van der Waals surface area contributed by atoms with E-state index in [9.17, 15) is 14.0 Å². The monoisotopic (exact) mass is 455 g/mol. The molecule has 7 nitrogen and oxygen atoms in total. The number of rotatable bonds is 7. The third-order valence-electron chi connectivity index (χ3n) is 4.40. The fourth-order valence-electron chi connectivity index (χ4n) is 2.96. The summed E-state index contributed by atoms with van der Waals surface area (Å²) >= 11 is 1.23. The molecule has 0 spiro atoms. The Morgan fingerprint density at radius 3 is 2.34 bits per heavy atom. The lowest BCUT2D eigenvalue weighted by molar-refractivity contribution is -0.133. The summed E-state index contributed by atoms with van der Waals surface area (Å²) in [5.74, 6) is -0.120. The zero-order valence-corrected chi connectivity index (χ0v) is 19.3. The highest BCUT2D eigenvalue weighted by Gasteiger charge is 2.20. The molecule has 0 saturated carbocycles. The molecule has 1 aromatic heterocycles. The molecule has 3 rings (SSSR count). The van der Waals surface area contributed by atoms with Crippen molar-refractivity contribution in [2.24, 2.45) is 0 Å². The van der Waals surface area contributed by atoms with Crippen LogP contribution in [0.4, 0.5) is 4.39 Å². The molecule has 0 unspecified atom stereocenters. The van der Waals surface area contributed by atoms with E-state index in [0.29, 0.717) is 16.5 Å². The number of halogens is 1. The minimum absolute atomic E-state index is 0.0249. The molecule has 0 atom stereocenters. The van der Waals surface area contributed by atoms with E-state index < -0.39 is 0 Å². The SMILES string of the molecule is CN(CC(=O)NC(C)(C)C)C(=O)CSc1nnc(-c2ccc(F)cc2)n1-c1ccccc1. The molecular weight excluding hydrogens is 429 g/mol. The predicted octanol–water partition coefficient (Wildman–Crippen LogP) is 3.54. The van der Waals surface area contributed by atoms with Crippen LogP contribution in [0.2, 0.25) is 0 Å². The van der Waals surface area contributed by atoms with Gasteiger partial charge in [0.1, 0.15) is 5.82 Å². The van der Waals surface area contributed by atoms with Gasteiger partial charge in [-0.1, -0.05) is 30.0 Å². The number of benzene rings is 2. The van der Waals surface area contributed by atoms with E-state index in [4.69, 9.17) is 0 Å². The van der Waals surface area contributed by atoms with Crippen LogP contribution in [0.5, 0.6) is 0 Å². The number of thioether (sulfide) groups is 1. The maximum absolute atomic E-state index is 13.4. The molecule has 1 N–H and O–H groups in total. The smallest absolute Gasteiger partial charge is 0.240 e. The number of carbonyl (C=O) groups is 2. The number of nitrogens with zero attached hydrogens (tertiary/aromatic N) is 4. The molecule has 0 saturated heterocycles. The summed E-state index contributed by atoms with van der Waals surface area (Å²) < 4.78 is 15.2. The average molecular weight is 456 g/mol. The molecule has 1 heterocycles. The van der Waals surface area contributed by atoms with E-state index in [1.165, 1.54) is 28.8 Å². The quantitative estimate of drug-likeness (QED) is 0.551. The number of amides is 2. The van der Waals surface area contributed by atoms with Crippen molar-refractivity contribution in [1.82, 2.24) is 25.0 Å². The maximum atomic E-state index is 13.4. The maximum Gasteiger partial charge on any atom is 0.240 e. The normalized spacial score (nSPS) is 11.3. The van der Waals surface area contributed by atoms with Crippen molar-refractivity contribution in [2.45, 2.75) is 31.5 Å². The fraction of sp³-hybridized carbons (Fsp3) is 0.304. The van der Waals surface area contributed by atoms with E-state index >= 15 is 0 Å². The molecule has 32 heavy (non-hydrogen) atoms. The predicted molar refractivity (Wildman–Crippen MR) is 123 cm³/mol. The van der Waals surface area contributed by atoms with E-state index in [2.05, 4.69) is 15.5 Å². The second-order valence-electron chi connectivity index (χ2n) is 8.32. The minimum atomic E-state index is -0.363. The number of likely N-dealkylation sites (N-methyl/N-ethyl adjacent to an activating group) is 1. The molecule has 0 aliphatic rings. The fourth-order valence-corrected chi connectivity index (χ4v) is 3.85. The molecule has 9 heteroatoms. The van der Waals surface area contributed by atoms with Gasteiger partial charge in [0.15, 0.2) is 11.0 Å². The second kappa shape index (κ2) is 9.95. The summed E-state index contributed by atoms with van der Waals surface area (Å²) in [7, 11) is 1.59. The largest absolute Gasteiger partial charge is 0.350 e. The topological polar surface area (TPSA) is 80.1 Å². The van der Waals surface area contributed by atoms with Crippen LogP contribution in [0.15, 0.2) is 59.8 Å². The summed E-state index contributed by atoms with van der Waals surface area (Å²) in [6.45, 7) is 5.63. The first-order valence-electron chi connectivity index (χ1n) is 10.1. The van der Waals surface area contributed by atoms with Gasteiger partial charge in [0.05, 0.1) is 12.3 Å². The molecule has 3 aromatic rings. The molecule has 0 bridgehead atoms. The van der Waals surface area contributed by atoms with E-state index in [1.54, 1.807) is 19.2 Å². The number of para-hydroxylation sites is 1. The third-order valence-corrected chi connectivity index (χ3v) is 5.31. The van der Waals surface area contributed by atoms with Crippen molar-refractivity contribution < 1.29 is 14.0 Å². The van der Waals surface area contributed by atoms with Crippen LogP contribution < -0.4 is 5.32 Å². The molecule has 0 aliphatic heterocycles. The van der Waals surface area contributed by atoms with E-state index in [0.717, 1.165) is 5.69 Å². The van der Waals surface area contributed by atoms with Gasteiger partial charge in [0.25, 0.3) is 0 Å². The number of hydrogen-bond donors (Lipinski definition) is 1. The summed E-state index contributed by atoms with van der Waals surface area (Å²) in [6, 6.07) is 15.5. The van der Waals surface area contributed by atoms with Gasteiger partial charge in [-0.25, -0.2) is 4.39 Å². The van der Waals surface area contributed by atoms with Gasteiger partial charge in [-0.05, 0) is 57.2 Å². The zero-order chi connectivity index (χ0) is 23.3. The lowest BCUT2D eigenvalue weighted by atomic mass is 10.1. The number of aromatic nitrogens is 3. The Kier molecular flexibility index (Phi) is 7.29. The van der Waals surface area contributed by atoms with Crippen LogP contribution in [0.1, 0.15) is 20.8 Å². The first-order valence-corrected chi connectivity index (χ1v) is 11.1. The number of carbonyl (C=O) groups excluding carboxylic acids is 2. The Morgan fingerprint density at radius 1 is 1.06 bits per heavy atom. The molecule has 0 fully saturated rings. The van der Waals surface area contributed by atoms with Crippen molar-refractivity contribution in [1.29, 1.82) is 0 Å². The van der Waals surface area contributed by atoms with Gasteiger partial charge in [-0.3, -0.25) is 14.2 Å². The summed E-state index contributed by atoms with van der Waals surface area (Å²) in [4.78, 5) is 26.1. The molecule has 0 aliphatic carbocycles. The first-order chi connectivity index (χ1) is 15.1. The van der Waals surface area contributed by atoms with Crippen LogP contribution in [0.25, 0.3) is 17.1 Å². The van der Waals surface area contributed by atoms with E-state index in [1.807, 2.05) is 55.7 Å². The third kappa shape index (κ3) is 6.16.